The summed E-state index contributed by atoms with van der Waals surface area (Å²) in [7, 11) is 0. The van der Waals surface area contributed by atoms with E-state index in [0.717, 1.165) is 38.5 Å². The Morgan fingerprint density at radius 1 is 1.29 bits per heavy atom. The molecule has 0 radical (unpaired) electrons. The number of carbonyl (C=O) groups is 2. The molecule has 6 heteroatoms. The SMILES string of the molecule is CC(=O)OC[C@@]12CCC[C@]3(C)C(=O)O[C@H](C[C@@H](C)[C@]14CC[C@]1(C=COC1)O4)[C@H]23. The van der Waals surface area contributed by atoms with Gasteiger partial charge in [-0.1, -0.05) is 13.3 Å². The van der Waals surface area contributed by atoms with Crippen LogP contribution in [0.15, 0.2) is 12.3 Å². The zero-order chi connectivity index (χ0) is 19.8. The topological polar surface area (TPSA) is 71.1 Å². The molecule has 6 nitrogen and oxygen atoms in total. The molecular weight excluding hydrogens is 360 g/mol. The molecule has 2 saturated carbocycles. The van der Waals surface area contributed by atoms with Crippen molar-refractivity contribution in [3.8, 4) is 0 Å². The molecule has 0 N–H and O–H groups in total. The summed E-state index contributed by atoms with van der Waals surface area (Å²) in [5.74, 6) is -0.159. The highest BCUT2D eigenvalue weighted by atomic mass is 16.6. The van der Waals surface area contributed by atoms with Gasteiger partial charge in [0, 0.05) is 18.3 Å². The number of fused-ring (bicyclic) bond motifs is 1. The third-order valence-electron chi connectivity index (χ3n) is 8.56. The van der Waals surface area contributed by atoms with Crippen LogP contribution in [0.2, 0.25) is 0 Å². The highest BCUT2D eigenvalue weighted by Crippen LogP contribution is 2.70. The molecule has 0 aromatic carbocycles. The number of ether oxygens (including phenoxy) is 4. The molecule has 2 aliphatic carbocycles. The van der Waals surface area contributed by atoms with Gasteiger partial charge in [-0.15, -0.1) is 0 Å². The summed E-state index contributed by atoms with van der Waals surface area (Å²) in [6, 6.07) is 0. The molecule has 28 heavy (non-hydrogen) atoms. The minimum atomic E-state index is -0.530. The van der Waals surface area contributed by atoms with Crippen LogP contribution in [-0.2, 0) is 28.5 Å². The van der Waals surface area contributed by atoms with Gasteiger partial charge in [-0.3, -0.25) is 9.59 Å². The van der Waals surface area contributed by atoms with Crippen molar-refractivity contribution in [1.82, 2.24) is 0 Å². The Hall–Kier alpha value is -1.56. The fourth-order valence-corrected chi connectivity index (χ4v) is 7.42. The molecule has 5 aliphatic rings. The van der Waals surface area contributed by atoms with Crippen LogP contribution in [0.5, 0.6) is 0 Å². The van der Waals surface area contributed by atoms with E-state index in [1.807, 2.05) is 6.08 Å². The van der Waals surface area contributed by atoms with Crippen molar-refractivity contribution in [1.29, 1.82) is 0 Å². The average Bonchev–Trinajstić information content (AvgIpc) is 3.32. The molecule has 7 atom stereocenters. The maximum Gasteiger partial charge on any atom is 0.312 e. The Morgan fingerprint density at radius 2 is 2.11 bits per heavy atom. The van der Waals surface area contributed by atoms with Crippen molar-refractivity contribution in [2.24, 2.45) is 22.7 Å². The summed E-state index contributed by atoms with van der Waals surface area (Å²) < 4.78 is 24.2. The largest absolute Gasteiger partial charge is 0.498 e. The molecule has 3 heterocycles. The van der Waals surface area contributed by atoms with E-state index < -0.39 is 22.0 Å². The summed E-state index contributed by atoms with van der Waals surface area (Å²) in [6.45, 7) is 6.54. The quantitative estimate of drug-likeness (QED) is 0.675. The van der Waals surface area contributed by atoms with E-state index in [4.69, 9.17) is 18.9 Å². The second-order valence-electron chi connectivity index (χ2n) is 9.94. The number of esters is 2. The molecule has 154 valence electrons. The monoisotopic (exact) mass is 390 g/mol. The van der Waals surface area contributed by atoms with Crippen molar-refractivity contribution in [2.75, 3.05) is 13.2 Å². The molecule has 3 aliphatic heterocycles. The first-order chi connectivity index (χ1) is 13.3. The van der Waals surface area contributed by atoms with Gasteiger partial charge in [-0.25, -0.2) is 0 Å². The summed E-state index contributed by atoms with van der Waals surface area (Å²) in [5.41, 5.74) is -1.80. The van der Waals surface area contributed by atoms with E-state index in [-0.39, 0.29) is 29.9 Å². The molecule has 0 amide bonds. The summed E-state index contributed by atoms with van der Waals surface area (Å²) >= 11 is 0. The van der Waals surface area contributed by atoms with Gasteiger partial charge in [0.05, 0.1) is 17.3 Å². The van der Waals surface area contributed by atoms with Crippen LogP contribution in [0, 0.1) is 22.7 Å². The molecule has 0 aromatic heterocycles. The maximum absolute atomic E-state index is 12.9. The van der Waals surface area contributed by atoms with E-state index in [9.17, 15) is 9.59 Å². The Morgan fingerprint density at radius 3 is 2.82 bits per heavy atom. The average molecular weight is 390 g/mol. The Bertz CT molecular complexity index is 747. The number of carbonyl (C=O) groups excluding carboxylic acids is 2. The molecule has 0 bridgehead atoms. The van der Waals surface area contributed by atoms with Gasteiger partial charge in [-0.05, 0) is 51.0 Å². The number of rotatable bonds is 2. The van der Waals surface area contributed by atoms with Crippen molar-refractivity contribution >= 4 is 11.9 Å². The lowest BCUT2D eigenvalue weighted by Crippen LogP contribution is -2.68. The van der Waals surface area contributed by atoms with Gasteiger partial charge in [-0.2, -0.15) is 0 Å². The summed E-state index contributed by atoms with van der Waals surface area (Å²) in [5, 5.41) is 0. The Balaban J connectivity index is 1.64. The first kappa shape index (κ1) is 18.5. The van der Waals surface area contributed by atoms with Gasteiger partial charge >= 0.3 is 11.9 Å². The van der Waals surface area contributed by atoms with E-state index in [1.165, 1.54) is 6.92 Å². The molecule has 2 spiro atoms. The predicted octanol–water partition coefficient (Wildman–Crippen LogP) is 3.14. The van der Waals surface area contributed by atoms with Crippen LogP contribution in [-0.4, -0.2) is 42.5 Å². The van der Waals surface area contributed by atoms with Crippen LogP contribution >= 0.6 is 0 Å². The smallest absolute Gasteiger partial charge is 0.312 e. The zero-order valence-electron chi connectivity index (χ0n) is 17.0. The van der Waals surface area contributed by atoms with E-state index in [2.05, 4.69) is 13.8 Å². The minimum absolute atomic E-state index is 0.0123. The fourth-order valence-electron chi connectivity index (χ4n) is 7.42. The first-order valence-corrected chi connectivity index (χ1v) is 10.6. The summed E-state index contributed by atoms with van der Waals surface area (Å²) in [6.07, 6.45) is 8.85. The van der Waals surface area contributed by atoms with Gasteiger partial charge in [0.1, 0.15) is 24.9 Å². The highest BCUT2D eigenvalue weighted by molar-refractivity contribution is 5.80. The standard InChI is InChI=1S/C22H30O6/c1-14-11-16-17-19(3,18(24)27-16)5-4-6-21(17,13-26-15(2)23)22(14)8-7-20(28-22)9-10-25-12-20/h9-10,14,16-17H,4-8,11-13H2,1-3H3/t14-,16-,17+,19+,20-,21-,22-/m1/s1. The van der Waals surface area contributed by atoms with Crippen molar-refractivity contribution in [2.45, 2.75) is 76.6 Å². The zero-order valence-corrected chi connectivity index (χ0v) is 17.0. The number of hydrogen-bond acceptors (Lipinski definition) is 6. The van der Waals surface area contributed by atoms with Crippen LogP contribution in [0.1, 0.15) is 59.3 Å². The van der Waals surface area contributed by atoms with Crippen molar-refractivity contribution < 1.29 is 28.5 Å². The van der Waals surface area contributed by atoms with E-state index in [1.54, 1.807) is 6.26 Å². The summed E-state index contributed by atoms with van der Waals surface area (Å²) in [4.78, 5) is 24.7. The van der Waals surface area contributed by atoms with Gasteiger partial charge < -0.3 is 18.9 Å². The van der Waals surface area contributed by atoms with Crippen LogP contribution in [0.25, 0.3) is 0 Å². The lowest BCUT2D eigenvalue weighted by atomic mass is 9.43. The fraction of sp³-hybridized carbons (Fsp3) is 0.818. The molecule has 4 fully saturated rings. The maximum atomic E-state index is 12.9. The van der Waals surface area contributed by atoms with Gasteiger partial charge in [0.15, 0.2) is 0 Å². The second kappa shape index (κ2) is 5.74. The van der Waals surface area contributed by atoms with Crippen LogP contribution < -0.4 is 0 Å². The Kier molecular flexibility index (Phi) is 3.79. The molecular formula is C22H30O6. The van der Waals surface area contributed by atoms with Gasteiger partial charge in [0.2, 0.25) is 0 Å². The van der Waals surface area contributed by atoms with Crippen LogP contribution in [0.3, 0.4) is 0 Å². The van der Waals surface area contributed by atoms with E-state index >= 15 is 0 Å². The third kappa shape index (κ3) is 2.13. The minimum Gasteiger partial charge on any atom is -0.498 e. The van der Waals surface area contributed by atoms with Crippen molar-refractivity contribution in [3.05, 3.63) is 12.3 Å². The lowest BCUT2D eigenvalue weighted by Gasteiger charge is -2.62. The molecule has 0 unspecified atom stereocenters. The third-order valence-corrected chi connectivity index (χ3v) is 8.56. The molecule has 5 rings (SSSR count). The second-order valence-corrected chi connectivity index (χ2v) is 9.94. The highest BCUT2D eigenvalue weighted by Gasteiger charge is 2.76. The molecule has 2 saturated heterocycles. The van der Waals surface area contributed by atoms with Crippen LogP contribution in [0.4, 0.5) is 0 Å². The lowest BCUT2D eigenvalue weighted by molar-refractivity contribution is -0.265. The number of hydrogen-bond donors (Lipinski definition) is 0. The normalized spacial score (nSPS) is 51.2. The van der Waals surface area contributed by atoms with Gasteiger partial charge in [0.25, 0.3) is 0 Å². The Labute approximate surface area is 165 Å². The van der Waals surface area contributed by atoms with E-state index in [0.29, 0.717) is 13.2 Å². The first-order valence-electron chi connectivity index (χ1n) is 10.6. The molecule has 0 aromatic rings. The van der Waals surface area contributed by atoms with Crippen molar-refractivity contribution in [3.63, 3.8) is 0 Å². The predicted molar refractivity (Wildman–Crippen MR) is 99.0 cm³/mol.